The molecular weight excluding hydrogens is 258 g/mol. The number of hydrogen-bond acceptors (Lipinski definition) is 6. The molecule has 1 aromatic rings. The van der Waals surface area contributed by atoms with Gasteiger partial charge in [-0.05, 0) is 12.8 Å². The van der Waals surface area contributed by atoms with Crippen molar-refractivity contribution in [3.63, 3.8) is 0 Å². The number of hydrogen-bond donors (Lipinski definition) is 1. The van der Waals surface area contributed by atoms with Crippen molar-refractivity contribution in [1.82, 2.24) is 15.0 Å². The first kappa shape index (κ1) is 16.0. The molecule has 0 radical (unpaired) electrons. The van der Waals surface area contributed by atoms with Gasteiger partial charge in [-0.3, -0.25) is 9.59 Å². The molecule has 1 aromatic heterocycles. The van der Waals surface area contributed by atoms with Gasteiger partial charge in [0.05, 0.1) is 0 Å². The van der Waals surface area contributed by atoms with Crippen molar-refractivity contribution in [3.8, 4) is 0 Å². The lowest BCUT2D eigenvalue weighted by Gasteiger charge is -2.18. The lowest BCUT2D eigenvalue weighted by atomic mass is 10.2. The summed E-state index contributed by atoms with van der Waals surface area (Å²) in [7, 11) is 0. The van der Waals surface area contributed by atoms with Crippen molar-refractivity contribution < 1.29 is 9.59 Å². The largest absolute Gasteiger partial charge is 0.368 e. The van der Waals surface area contributed by atoms with E-state index in [-0.39, 0.29) is 23.7 Å². The lowest BCUT2D eigenvalue weighted by molar-refractivity contribution is -0.126. The summed E-state index contributed by atoms with van der Waals surface area (Å²) in [6.07, 6.45) is 4.98. The highest BCUT2D eigenvalue weighted by Crippen LogP contribution is 2.13. The number of nitrogens with zero attached hydrogens (tertiary/aromatic N) is 4. The van der Waals surface area contributed by atoms with Gasteiger partial charge >= 0.3 is 0 Å². The first-order chi connectivity index (χ1) is 9.60. The van der Waals surface area contributed by atoms with Crippen LogP contribution >= 0.6 is 0 Å². The summed E-state index contributed by atoms with van der Waals surface area (Å²) >= 11 is 0. The van der Waals surface area contributed by atoms with Gasteiger partial charge in [-0.1, -0.05) is 26.7 Å². The maximum absolute atomic E-state index is 12.2. The van der Waals surface area contributed by atoms with Crippen LogP contribution in [0, 0.1) is 0 Å². The molecule has 0 unspecified atom stereocenters. The van der Waals surface area contributed by atoms with E-state index in [0.29, 0.717) is 12.8 Å². The number of carbonyl (C=O) groups is 2. The van der Waals surface area contributed by atoms with Crippen LogP contribution in [0.2, 0.25) is 0 Å². The van der Waals surface area contributed by atoms with Gasteiger partial charge in [0.2, 0.25) is 23.7 Å². The van der Waals surface area contributed by atoms with Crippen LogP contribution in [-0.4, -0.2) is 26.8 Å². The van der Waals surface area contributed by atoms with Crippen LogP contribution in [0.15, 0.2) is 6.33 Å². The van der Waals surface area contributed by atoms with Gasteiger partial charge in [0, 0.05) is 12.8 Å². The van der Waals surface area contributed by atoms with Crippen LogP contribution in [-0.2, 0) is 9.59 Å². The van der Waals surface area contributed by atoms with Gasteiger partial charge in [-0.2, -0.15) is 4.98 Å². The third kappa shape index (κ3) is 4.56. The van der Waals surface area contributed by atoms with Crippen molar-refractivity contribution in [2.75, 3.05) is 10.6 Å². The van der Waals surface area contributed by atoms with Crippen molar-refractivity contribution in [3.05, 3.63) is 6.33 Å². The van der Waals surface area contributed by atoms with Crippen molar-refractivity contribution >= 4 is 23.7 Å². The van der Waals surface area contributed by atoms with Crippen molar-refractivity contribution in [2.45, 2.75) is 52.4 Å². The number of nitrogens with two attached hydrogens (primary N) is 1. The number of imide groups is 1. The molecule has 0 fully saturated rings. The fraction of sp³-hybridized carbons (Fsp3) is 0.615. The number of nitrogen functional groups attached to an aromatic ring is 1. The molecule has 0 aliphatic rings. The summed E-state index contributed by atoms with van der Waals surface area (Å²) in [6.45, 7) is 3.97. The van der Waals surface area contributed by atoms with Crippen molar-refractivity contribution in [1.29, 1.82) is 0 Å². The maximum Gasteiger partial charge on any atom is 0.243 e. The molecule has 2 N–H and O–H groups in total. The van der Waals surface area contributed by atoms with E-state index in [1.54, 1.807) is 0 Å². The molecule has 20 heavy (non-hydrogen) atoms. The van der Waals surface area contributed by atoms with E-state index in [1.807, 2.05) is 13.8 Å². The second-order valence-electron chi connectivity index (χ2n) is 4.47. The Kier molecular flexibility index (Phi) is 6.55. The zero-order valence-electron chi connectivity index (χ0n) is 12.0. The fourth-order valence-electron chi connectivity index (χ4n) is 1.65. The van der Waals surface area contributed by atoms with Crippen LogP contribution in [0.1, 0.15) is 52.4 Å². The molecule has 0 aliphatic heterocycles. The second kappa shape index (κ2) is 8.19. The maximum atomic E-state index is 12.2. The lowest BCUT2D eigenvalue weighted by Crippen LogP contribution is -2.38. The van der Waals surface area contributed by atoms with Gasteiger partial charge in [-0.15, -0.1) is 0 Å². The van der Waals surface area contributed by atoms with Gasteiger partial charge in [0.25, 0.3) is 0 Å². The molecular formula is C13H21N5O2. The Bertz CT molecular complexity index is 444. The quantitative estimate of drug-likeness (QED) is 0.814. The van der Waals surface area contributed by atoms with Gasteiger partial charge in [-0.25, -0.2) is 14.9 Å². The van der Waals surface area contributed by atoms with Gasteiger partial charge in [0.1, 0.15) is 6.33 Å². The average Bonchev–Trinajstić information content (AvgIpc) is 2.43. The summed E-state index contributed by atoms with van der Waals surface area (Å²) in [6, 6.07) is 0. The monoisotopic (exact) mass is 279 g/mol. The molecule has 7 heteroatoms. The van der Waals surface area contributed by atoms with E-state index in [4.69, 9.17) is 5.73 Å². The Hall–Kier alpha value is -2.05. The predicted molar refractivity (Wildman–Crippen MR) is 75.8 cm³/mol. The van der Waals surface area contributed by atoms with Crippen LogP contribution in [0.4, 0.5) is 11.9 Å². The minimum Gasteiger partial charge on any atom is -0.368 e. The van der Waals surface area contributed by atoms with Gasteiger partial charge < -0.3 is 5.73 Å². The van der Waals surface area contributed by atoms with Crippen LogP contribution in [0.3, 0.4) is 0 Å². The Morgan fingerprint density at radius 1 is 1.10 bits per heavy atom. The Labute approximate surface area is 118 Å². The van der Waals surface area contributed by atoms with E-state index in [9.17, 15) is 9.59 Å². The fourth-order valence-corrected chi connectivity index (χ4v) is 1.65. The minimum absolute atomic E-state index is 0.00779. The topological polar surface area (TPSA) is 102 Å². The summed E-state index contributed by atoms with van der Waals surface area (Å²) in [5, 5.41) is 0. The first-order valence-electron chi connectivity index (χ1n) is 6.90. The Morgan fingerprint density at radius 3 is 2.10 bits per heavy atom. The second-order valence-corrected chi connectivity index (χ2v) is 4.47. The zero-order chi connectivity index (χ0) is 15.0. The third-order valence-corrected chi connectivity index (χ3v) is 2.76. The molecule has 1 heterocycles. The predicted octanol–water partition coefficient (Wildman–Crippen LogP) is 1.69. The summed E-state index contributed by atoms with van der Waals surface area (Å²) < 4.78 is 0. The van der Waals surface area contributed by atoms with E-state index >= 15 is 0 Å². The van der Waals surface area contributed by atoms with Crippen LogP contribution < -0.4 is 10.6 Å². The highest BCUT2D eigenvalue weighted by molar-refractivity contribution is 6.13. The smallest absolute Gasteiger partial charge is 0.243 e. The molecule has 0 aromatic carbocycles. The average molecular weight is 279 g/mol. The molecule has 110 valence electrons. The number of amides is 2. The standard InChI is InChI=1S/C13H21N5O2/c1-3-5-7-10(19)18(11(20)8-6-4-2)13-16-9-15-12(14)17-13/h9H,3-8H2,1-2H3,(H2,14,15,16,17). The zero-order valence-corrected chi connectivity index (χ0v) is 12.0. The molecule has 0 bridgehead atoms. The van der Waals surface area contributed by atoms with E-state index < -0.39 is 0 Å². The number of unbranched alkanes of at least 4 members (excludes halogenated alkanes) is 2. The Balaban J connectivity index is 2.94. The molecule has 7 nitrogen and oxygen atoms in total. The molecule has 0 spiro atoms. The van der Waals surface area contributed by atoms with Gasteiger partial charge in [0.15, 0.2) is 0 Å². The first-order valence-corrected chi connectivity index (χ1v) is 6.90. The molecule has 0 saturated carbocycles. The minimum atomic E-state index is -0.293. The Morgan fingerprint density at radius 2 is 1.65 bits per heavy atom. The third-order valence-electron chi connectivity index (χ3n) is 2.76. The summed E-state index contributed by atoms with van der Waals surface area (Å²) in [4.78, 5) is 36.8. The normalized spacial score (nSPS) is 10.3. The molecule has 0 aliphatic carbocycles. The highest BCUT2D eigenvalue weighted by Gasteiger charge is 2.25. The van der Waals surface area contributed by atoms with E-state index in [0.717, 1.165) is 30.6 Å². The molecule has 2 amide bonds. The van der Waals surface area contributed by atoms with E-state index in [2.05, 4.69) is 15.0 Å². The number of carbonyl (C=O) groups excluding carboxylic acids is 2. The number of aromatic nitrogens is 3. The number of anilines is 2. The highest BCUT2D eigenvalue weighted by atomic mass is 16.2. The van der Waals surface area contributed by atoms with Crippen LogP contribution in [0.5, 0.6) is 0 Å². The molecule has 0 saturated heterocycles. The molecule has 0 atom stereocenters. The van der Waals surface area contributed by atoms with Crippen molar-refractivity contribution in [2.24, 2.45) is 0 Å². The van der Waals surface area contributed by atoms with E-state index in [1.165, 1.54) is 6.33 Å². The summed E-state index contributed by atoms with van der Waals surface area (Å²) in [5.41, 5.74) is 5.49. The summed E-state index contributed by atoms with van der Waals surface area (Å²) in [5.74, 6) is -0.580. The SMILES string of the molecule is CCCCC(=O)N(C(=O)CCCC)c1ncnc(N)n1. The van der Waals surface area contributed by atoms with Crippen LogP contribution in [0.25, 0.3) is 0 Å². The number of rotatable bonds is 7. The molecule has 1 rings (SSSR count).